The number of benzene rings is 1. The molecule has 0 bridgehead atoms. The Balaban J connectivity index is 0.000000949. The summed E-state index contributed by atoms with van der Waals surface area (Å²) in [6.45, 7) is 4.85. The van der Waals surface area contributed by atoms with Crippen LogP contribution in [-0.2, 0) is 16.0 Å². The average molecular weight is 485 g/mol. The Morgan fingerprint density at radius 3 is 2.40 bits per heavy atom. The van der Waals surface area contributed by atoms with Gasteiger partial charge in [-0.3, -0.25) is 4.79 Å². The van der Waals surface area contributed by atoms with Crippen LogP contribution in [0.5, 0.6) is 0 Å². The molecular weight excluding hydrogens is 454 g/mol. The molecule has 0 aliphatic heterocycles. The van der Waals surface area contributed by atoms with E-state index in [1.165, 1.54) is 10.6 Å². The molecule has 186 valence electrons. The summed E-state index contributed by atoms with van der Waals surface area (Å²) in [7, 11) is 1.84. The molecule has 1 aliphatic carbocycles. The van der Waals surface area contributed by atoms with Gasteiger partial charge in [0.2, 0.25) is 11.9 Å². The summed E-state index contributed by atoms with van der Waals surface area (Å²) in [6.07, 6.45) is 20.1. The van der Waals surface area contributed by atoms with Gasteiger partial charge in [-0.25, -0.2) is 18.7 Å². The number of hydrogen-bond acceptors (Lipinski definition) is 6. The Labute approximate surface area is 203 Å². The predicted molar refractivity (Wildman–Crippen MR) is 132 cm³/mol. The number of terminal acetylenes is 2. The number of anilines is 1. The summed E-state index contributed by atoms with van der Waals surface area (Å²) in [5, 5.41) is 4.56. The summed E-state index contributed by atoms with van der Waals surface area (Å²) >= 11 is 0. The number of aromatic nitrogens is 4. The van der Waals surface area contributed by atoms with Crippen LogP contribution in [0, 0.1) is 49.2 Å². The number of carbonyl (C=O) groups is 2. The van der Waals surface area contributed by atoms with Crippen LogP contribution in [-0.4, -0.2) is 50.8 Å². The van der Waals surface area contributed by atoms with Crippen LogP contribution in [0.4, 0.5) is 14.7 Å². The number of unbranched alkanes of at least 4 members (excludes halogenated alkanes) is 1. The first kappa shape index (κ1) is 29.0. The van der Waals surface area contributed by atoms with Crippen LogP contribution < -0.4 is 5.73 Å². The summed E-state index contributed by atoms with van der Waals surface area (Å²) in [4.78, 5) is 30.5. The standard InChI is InChI=1S/C20H24F2N6O.2C2H2.CH2O/c1-11-7-12(8-11)19(29)27(2)6-4-3-5-16-24-18-14-9-13(21)10-15(22)17(14)25-20(23)28(18)26-16;3*1-2/h9-12H,3-8H2,1-2H3,(H2,23,25);2*1-2H;1H2. The first-order valence-electron chi connectivity index (χ1n) is 10.8. The van der Waals surface area contributed by atoms with Crippen molar-refractivity contribution < 1.29 is 18.4 Å². The summed E-state index contributed by atoms with van der Waals surface area (Å²) in [5.41, 5.74) is 6.13. The van der Waals surface area contributed by atoms with E-state index in [-0.39, 0.29) is 34.3 Å². The van der Waals surface area contributed by atoms with E-state index in [4.69, 9.17) is 10.5 Å². The van der Waals surface area contributed by atoms with Gasteiger partial charge in [0.15, 0.2) is 17.3 Å². The number of nitrogens with zero attached hydrogens (tertiary/aromatic N) is 5. The minimum Gasteiger partial charge on any atom is -0.368 e. The molecule has 2 aromatic heterocycles. The van der Waals surface area contributed by atoms with E-state index in [9.17, 15) is 13.6 Å². The fourth-order valence-electron chi connectivity index (χ4n) is 3.96. The molecular formula is C25H30F2N6O2. The molecule has 1 aromatic carbocycles. The number of carbonyl (C=O) groups excluding carboxylic acids is 2. The van der Waals surface area contributed by atoms with E-state index in [1.54, 1.807) is 4.90 Å². The molecule has 4 rings (SSSR count). The molecule has 0 radical (unpaired) electrons. The molecule has 10 heteroatoms. The van der Waals surface area contributed by atoms with E-state index in [0.29, 0.717) is 24.7 Å². The maximum atomic E-state index is 14.0. The lowest BCUT2D eigenvalue weighted by Crippen LogP contribution is -2.39. The van der Waals surface area contributed by atoms with Gasteiger partial charge in [0.25, 0.3) is 0 Å². The second-order valence-electron chi connectivity index (χ2n) is 8.01. The summed E-state index contributed by atoms with van der Waals surface area (Å²) in [6, 6.07) is 1.95. The zero-order valence-corrected chi connectivity index (χ0v) is 20.0. The van der Waals surface area contributed by atoms with Gasteiger partial charge >= 0.3 is 0 Å². The Kier molecular flexibility index (Phi) is 11.3. The number of hydrogen-bond donors (Lipinski definition) is 1. The number of nitrogens with two attached hydrogens (primary N) is 1. The Hall–Kier alpha value is -4.05. The first-order valence-corrected chi connectivity index (χ1v) is 10.8. The van der Waals surface area contributed by atoms with Crippen LogP contribution in [0.15, 0.2) is 12.1 Å². The summed E-state index contributed by atoms with van der Waals surface area (Å²) in [5.74, 6) is 0.0876. The van der Waals surface area contributed by atoms with Crippen molar-refractivity contribution in [1.82, 2.24) is 24.5 Å². The van der Waals surface area contributed by atoms with Gasteiger partial charge in [0.05, 0.1) is 5.39 Å². The third-order valence-corrected chi connectivity index (χ3v) is 5.61. The van der Waals surface area contributed by atoms with Crippen molar-refractivity contribution in [3.63, 3.8) is 0 Å². The van der Waals surface area contributed by atoms with Crippen molar-refractivity contribution >= 4 is 35.2 Å². The Morgan fingerprint density at radius 1 is 1.17 bits per heavy atom. The maximum Gasteiger partial charge on any atom is 0.225 e. The van der Waals surface area contributed by atoms with Gasteiger partial charge in [-0.1, -0.05) is 6.92 Å². The molecule has 3 aromatic rings. The second-order valence-corrected chi connectivity index (χ2v) is 8.01. The van der Waals surface area contributed by atoms with E-state index in [1.807, 2.05) is 13.8 Å². The quantitative estimate of drug-likeness (QED) is 0.425. The van der Waals surface area contributed by atoms with Crippen molar-refractivity contribution in [2.75, 3.05) is 19.3 Å². The van der Waals surface area contributed by atoms with Crippen LogP contribution in [0.3, 0.4) is 0 Å². The van der Waals surface area contributed by atoms with Crippen molar-refractivity contribution in [3.8, 4) is 25.7 Å². The van der Waals surface area contributed by atoms with Crippen molar-refractivity contribution in [2.24, 2.45) is 11.8 Å². The summed E-state index contributed by atoms with van der Waals surface area (Å²) < 4.78 is 29.0. The van der Waals surface area contributed by atoms with Crippen molar-refractivity contribution in [3.05, 3.63) is 29.6 Å². The number of rotatable bonds is 6. The number of halogens is 2. The number of nitrogen functional groups attached to an aromatic ring is 1. The molecule has 35 heavy (non-hydrogen) atoms. The SMILES string of the molecule is C#C.C#C.C=O.CC1CC(C(=O)N(C)CCCCc2nc3c4cc(F)cc(F)c4nc(N)n3n2)C1. The molecule has 0 atom stereocenters. The molecule has 8 nitrogen and oxygen atoms in total. The third-order valence-electron chi connectivity index (χ3n) is 5.61. The zero-order valence-electron chi connectivity index (χ0n) is 20.0. The molecule has 2 heterocycles. The number of aryl methyl sites for hydroxylation is 1. The Morgan fingerprint density at radius 2 is 1.80 bits per heavy atom. The highest BCUT2D eigenvalue weighted by Gasteiger charge is 2.32. The Bertz CT molecular complexity index is 1180. The molecule has 1 aliphatic rings. The number of fused-ring (bicyclic) bond motifs is 3. The smallest absolute Gasteiger partial charge is 0.225 e. The highest BCUT2D eigenvalue weighted by molar-refractivity contribution is 5.92. The van der Waals surface area contributed by atoms with Gasteiger partial charge < -0.3 is 15.4 Å². The molecule has 0 saturated heterocycles. The lowest BCUT2D eigenvalue weighted by molar-refractivity contribution is -0.138. The van der Waals surface area contributed by atoms with Crippen molar-refractivity contribution in [1.29, 1.82) is 0 Å². The topological polar surface area (TPSA) is 106 Å². The van der Waals surface area contributed by atoms with Crippen LogP contribution in [0.2, 0.25) is 0 Å². The molecule has 0 spiro atoms. The van der Waals surface area contributed by atoms with Crippen LogP contribution in [0.1, 0.15) is 38.4 Å². The zero-order chi connectivity index (χ0) is 26.7. The first-order chi connectivity index (χ1) is 16.8. The second kappa shape index (κ2) is 13.6. The van der Waals surface area contributed by atoms with E-state index in [2.05, 4.69) is 47.7 Å². The van der Waals surface area contributed by atoms with Crippen LogP contribution >= 0.6 is 0 Å². The highest BCUT2D eigenvalue weighted by atomic mass is 19.1. The minimum absolute atomic E-state index is 0.00295. The van der Waals surface area contributed by atoms with Crippen LogP contribution in [0.25, 0.3) is 16.6 Å². The minimum atomic E-state index is -0.785. The van der Waals surface area contributed by atoms with Gasteiger partial charge in [0, 0.05) is 32.0 Å². The fraction of sp³-hybridized carbons (Fsp3) is 0.400. The van der Waals surface area contributed by atoms with Gasteiger partial charge in [-0.2, -0.15) is 4.52 Å². The molecule has 1 fully saturated rings. The largest absolute Gasteiger partial charge is 0.368 e. The van der Waals surface area contributed by atoms with E-state index in [0.717, 1.165) is 31.7 Å². The molecule has 1 amide bonds. The average Bonchev–Trinajstić information content (AvgIpc) is 3.29. The monoisotopic (exact) mass is 484 g/mol. The normalized spacial score (nSPS) is 15.9. The molecule has 1 saturated carbocycles. The molecule has 2 N–H and O–H groups in total. The third kappa shape index (κ3) is 6.73. The lowest BCUT2D eigenvalue weighted by Gasteiger charge is -2.34. The maximum absolute atomic E-state index is 14.0. The predicted octanol–water partition coefficient (Wildman–Crippen LogP) is 3.28. The highest BCUT2D eigenvalue weighted by Crippen LogP contribution is 2.34. The van der Waals surface area contributed by atoms with E-state index < -0.39 is 11.6 Å². The molecule has 0 unspecified atom stereocenters. The van der Waals surface area contributed by atoms with E-state index >= 15 is 0 Å². The van der Waals surface area contributed by atoms with Gasteiger partial charge in [-0.15, -0.1) is 30.8 Å². The lowest BCUT2D eigenvalue weighted by atomic mass is 9.75. The van der Waals surface area contributed by atoms with Crippen molar-refractivity contribution in [2.45, 2.75) is 39.0 Å². The van der Waals surface area contributed by atoms with Gasteiger partial charge in [0.1, 0.15) is 18.1 Å². The van der Waals surface area contributed by atoms with Gasteiger partial charge in [-0.05, 0) is 37.7 Å². The number of amides is 1. The fourth-order valence-corrected chi connectivity index (χ4v) is 3.96.